The number of nitrogens with zero attached hydrogens (tertiary/aromatic N) is 1. The third kappa shape index (κ3) is 4.66. The molecule has 138 valence electrons. The summed E-state index contributed by atoms with van der Waals surface area (Å²) in [5, 5.41) is 0. The van der Waals surface area contributed by atoms with Crippen molar-refractivity contribution >= 4 is 15.7 Å². The Morgan fingerprint density at radius 3 is 2.44 bits per heavy atom. The number of ether oxygens (including phenoxy) is 2. The van der Waals surface area contributed by atoms with Crippen LogP contribution in [0.15, 0.2) is 24.3 Å². The molecule has 1 aromatic rings. The van der Waals surface area contributed by atoms with Crippen molar-refractivity contribution in [3.63, 3.8) is 0 Å². The van der Waals surface area contributed by atoms with E-state index >= 15 is 0 Å². The van der Waals surface area contributed by atoms with Gasteiger partial charge in [-0.2, -0.15) is 0 Å². The first-order valence-electron chi connectivity index (χ1n) is 8.75. The molecule has 0 radical (unpaired) electrons. The highest BCUT2D eigenvalue weighted by Crippen LogP contribution is 2.29. The Hall–Kier alpha value is -1.76. The maximum Gasteiger partial charge on any atom is 0.222 e. The molecule has 0 aliphatic carbocycles. The van der Waals surface area contributed by atoms with E-state index in [9.17, 15) is 13.2 Å². The van der Waals surface area contributed by atoms with Crippen LogP contribution in [0.2, 0.25) is 0 Å². The summed E-state index contributed by atoms with van der Waals surface area (Å²) in [4.78, 5) is 14.2. The number of carbonyl (C=O) groups is 1. The van der Waals surface area contributed by atoms with Crippen molar-refractivity contribution in [2.24, 2.45) is 5.92 Å². The Labute approximate surface area is 149 Å². The fourth-order valence-corrected chi connectivity index (χ4v) is 5.39. The Balaban J connectivity index is 1.47. The van der Waals surface area contributed by atoms with E-state index < -0.39 is 9.84 Å². The molecule has 0 bridgehead atoms. The molecule has 0 saturated carbocycles. The zero-order valence-electron chi connectivity index (χ0n) is 14.5. The van der Waals surface area contributed by atoms with Crippen LogP contribution in [0.1, 0.15) is 25.7 Å². The fraction of sp³-hybridized carbons (Fsp3) is 0.611. The minimum Gasteiger partial charge on any atom is -0.493 e. The van der Waals surface area contributed by atoms with E-state index in [1.807, 2.05) is 29.2 Å². The summed E-state index contributed by atoms with van der Waals surface area (Å²) in [6.45, 7) is 1.30. The zero-order chi connectivity index (χ0) is 17.9. The molecule has 2 aliphatic rings. The topological polar surface area (TPSA) is 72.9 Å². The molecule has 6 nitrogen and oxygen atoms in total. The van der Waals surface area contributed by atoms with Crippen LogP contribution in [-0.4, -0.2) is 57.0 Å². The van der Waals surface area contributed by atoms with E-state index in [4.69, 9.17) is 9.47 Å². The first-order valence-corrected chi connectivity index (χ1v) is 10.6. The molecule has 2 aliphatic heterocycles. The average molecular weight is 367 g/mol. The molecule has 1 aromatic carbocycles. The van der Waals surface area contributed by atoms with Crippen LogP contribution in [0.3, 0.4) is 0 Å². The van der Waals surface area contributed by atoms with Gasteiger partial charge in [-0.1, -0.05) is 12.1 Å². The van der Waals surface area contributed by atoms with Crippen molar-refractivity contribution in [2.75, 3.05) is 31.7 Å². The second-order valence-corrected chi connectivity index (χ2v) is 9.05. The SMILES string of the molecule is COc1ccccc1OC1CCN(C(=O)CC2CCS(=O)(=O)C2)CC1. The number of methoxy groups -OCH3 is 1. The predicted molar refractivity (Wildman–Crippen MR) is 94.6 cm³/mol. The van der Waals surface area contributed by atoms with Crippen LogP contribution in [0.25, 0.3) is 0 Å². The minimum absolute atomic E-state index is 0.0138. The Bertz CT molecular complexity index is 710. The second-order valence-electron chi connectivity index (χ2n) is 6.82. The van der Waals surface area contributed by atoms with E-state index in [0.29, 0.717) is 31.7 Å². The molecule has 0 N–H and O–H groups in total. The lowest BCUT2D eigenvalue weighted by Crippen LogP contribution is -2.42. The van der Waals surface area contributed by atoms with Crippen LogP contribution in [-0.2, 0) is 14.6 Å². The quantitative estimate of drug-likeness (QED) is 0.795. The highest BCUT2D eigenvalue weighted by atomic mass is 32.2. The number of sulfone groups is 1. The fourth-order valence-electron chi connectivity index (χ4n) is 3.53. The van der Waals surface area contributed by atoms with E-state index in [-0.39, 0.29) is 29.4 Å². The monoisotopic (exact) mass is 367 g/mol. The number of hydrogen-bond acceptors (Lipinski definition) is 5. The van der Waals surface area contributed by atoms with Crippen molar-refractivity contribution in [3.8, 4) is 11.5 Å². The van der Waals surface area contributed by atoms with Crippen molar-refractivity contribution in [2.45, 2.75) is 31.8 Å². The molecule has 1 amide bonds. The van der Waals surface area contributed by atoms with E-state index in [1.165, 1.54) is 0 Å². The van der Waals surface area contributed by atoms with Crippen LogP contribution >= 0.6 is 0 Å². The number of piperidine rings is 1. The number of benzene rings is 1. The molecule has 0 spiro atoms. The first-order chi connectivity index (χ1) is 12.0. The second kappa shape index (κ2) is 7.64. The number of para-hydroxylation sites is 2. The van der Waals surface area contributed by atoms with Gasteiger partial charge < -0.3 is 14.4 Å². The van der Waals surface area contributed by atoms with Gasteiger partial charge in [0, 0.05) is 32.4 Å². The molecule has 0 aromatic heterocycles. The number of carbonyl (C=O) groups excluding carboxylic acids is 1. The summed E-state index contributed by atoms with van der Waals surface area (Å²) in [6.07, 6.45) is 2.56. The summed E-state index contributed by atoms with van der Waals surface area (Å²) in [5.41, 5.74) is 0. The molecule has 7 heteroatoms. The lowest BCUT2D eigenvalue weighted by molar-refractivity contribution is -0.133. The third-order valence-electron chi connectivity index (χ3n) is 4.95. The van der Waals surface area contributed by atoms with Crippen molar-refractivity contribution < 1.29 is 22.7 Å². The van der Waals surface area contributed by atoms with Crippen LogP contribution in [0.5, 0.6) is 11.5 Å². The molecule has 1 unspecified atom stereocenters. The van der Waals surface area contributed by atoms with Gasteiger partial charge in [0.15, 0.2) is 21.3 Å². The molecule has 2 heterocycles. The van der Waals surface area contributed by atoms with Gasteiger partial charge in [0.1, 0.15) is 6.10 Å². The molecule has 2 saturated heterocycles. The van der Waals surface area contributed by atoms with Gasteiger partial charge in [-0.15, -0.1) is 0 Å². The number of rotatable bonds is 5. The Morgan fingerprint density at radius 1 is 1.16 bits per heavy atom. The largest absolute Gasteiger partial charge is 0.493 e. The summed E-state index contributed by atoms with van der Waals surface area (Å²) in [5.74, 6) is 1.87. The molecule has 1 atom stereocenters. The van der Waals surface area contributed by atoms with E-state index in [2.05, 4.69) is 0 Å². The van der Waals surface area contributed by atoms with Gasteiger partial charge in [0.25, 0.3) is 0 Å². The lowest BCUT2D eigenvalue weighted by Gasteiger charge is -2.33. The predicted octanol–water partition coefficient (Wildman–Crippen LogP) is 1.89. The summed E-state index contributed by atoms with van der Waals surface area (Å²) < 4.78 is 34.4. The van der Waals surface area contributed by atoms with Crippen LogP contribution in [0.4, 0.5) is 0 Å². The lowest BCUT2D eigenvalue weighted by atomic mass is 10.0. The van der Waals surface area contributed by atoms with Crippen molar-refractivity contribution in [1.29, 1.82) is 0 Å². The number of likely N-dealkylation sites (tertiary alicyclic amines) is 1. The van der Waals surface area contributed by atoms with Crippen molar-refractivity contribution in [1.82, 2.24) is 4.90 Å². The first kappa shape index (κ1) is 18.0. The normalized spacial score (nSPS) is 23.4. The summed E-state index contributed by atoms with van der Waals surface area (Å²) in [7, 11) is -1.31. The molecule has 3 rings (SSSR count). The minimum atomic E-state index is -2.92. The third-order valence-corrected chi connectivity index (χ3v) is 6.78. The highest BCUT2D eigenvalue weighted by molar-refractivity contribution is 7.91. The Kier molecular flexibility index (Phi) is 5.51. The average Bonchev–Trinajstić information content (AvgIpc) is 2.94. The molecule has 2 fully saturated rings. The maximum atomic E-state index is 12.4. The van der Waals surface area contributed by atoms with E-state index in [1.54, 1.807) is 7.11 Å². The van der Waals surface area contributed by atoms with Crippen LogP contribution in [0, 0.1) is 5.92 Å². The molecule has 25 heavy (non-hydrogen) atoms. The van der Waals surface area contributed by atoms with Gasteiger partial charge in [0.05, 0.1) is 18.6 Å². The van der Waals surface area contributed by atoms with Crippen LogP contribution < -0.4 is 9.47 Å². The van der Waals surface area contributed by atoms with Crippen molar-refractivity contribution in [3.05, 3.63) is 24.3 Å². The van der Waals surface area contributed by atoms with Gasteiger partial charge in [-0.25, -0.2) is 8.42 Å². The smallest absolute Gasteiger partial charge is 0.222 e. The molecular formula is C18H25NO5S. The van der Waals surface area contributed by atoms with Gasteiger partial charge in [-0.05, 0) is 24.5 Å². The summed E-state index contributed by atoms with van der Waals surface area (Å²) in [6, 6.07) is 7.56. The van der Waals surface area contributed by atoms with Gasteiger partial charge in [-0.3, -0.25) is 4.79 Å². The van der Waals surface area contributed by atoms with Gasteiger partial charge >= 0.3 is 0 Å². The summed E-state index contributed by atoms with van der Waals surface area (Å²) >= 11 is 0. The highest BCUT2D eigenvalue weighted by Gasteiger charge is 2.32. The number of amides is 1. The zero-order valence-corrected chi connectivity index (χ0v) is 15.3. The van der Waals surface area contributed by atoms with Gasteiger partial charge in [0.2, 0.25) is 5.91 Å². The Morgan fingerprint density at radius 2 is 1.84 bits per heavy atom. The standard InChI is InChI=1S/C18H25NO5S/c1-23-16-4-2-3-5-17(16)24-15-6-9-19(10-7-15)18(20)12-14-8-11-25(21,22)13-14/h2-5,14-15H,6-13H2,1H3. The van der Waals surface area contributed by atoms with E-state index in [0.717, 1.165) is 18.6 Å². The number of hydrogen-bond donors (Lipinski definition) is 0. The maximum absolute atomic E-state index is 12.4. The molecular weight excluding hydrogens is 342 g/mol.